The molecule has 0 amide bonds. The molecule has 0 spiro atoms. The molecule has 0 aliphatic heterocycles. The molecular formula is C20H15Br. The van der Waals surface area contributed by atoms with Gasteiger partial charge in [-0.15, -0.1) is 0 Å². The van der Waals surface area contributed by atoms with Gasteiger partial charge in [-0.2, -0.15) is 0 Å². The van der Waals surface area contributed by atoms with Gasteiger partial charge < -0.3 is 0 Å². The van der Waals surface area contributed by atoms with Gasteiger partial charge in [-0.25, -0.2) is 0 Å². The van der Waals surface area contributed by atoms with Gasteiger partial charge in [0.25, 0.3) is 0 Å². The number of hydrogen-bond donors (Lipinski definition) is 0. The third kappa shape index (κ3) is 1.96. The van der Waals surface area contributed by atoms with E-state index < -0.39 is 0 Å². The Morgan fingerprint density at radius 3 is 2.57 bits per heavy atom. The predicted molar refractivity (Wildman–Crippen MR) is 94.5 cm³/mol. The van der Waals surface area contributed by atoms with Crippen LogP contribution in [0.4, 0.5) is 0 Å². The van der Waals surface area contributed by atoms with E-state index in [4.69, 9.17) is 0 Å². The third-order valence-corrected chi connectivity index (χ3v) is 5.17. The highest BCUT2D eigenvalue weighted by Crippen LogP contribution is 2.42. The molecule has 1 aliphatic carbocycles. The number of hydrogen-bond acceptors (Lipinski definition) is 0. The highest BCUT2D eigenvalue weighted by molar-refractivity contribution is 9.10. The number of benzene rings is 3. The molecule has 0 aromatic heterocycles. The minimum Gasteiger partial charge on any atom is -0.0766 e. The van der Waals surface area contributed by atoms with Gasteiger partial charge in [-0.1, -0.05) is 73.7 Å². The topological polar surface area (TPSA) is 0 Å². The zero-order valence-electron chi connectivity index (χ0n) is 11.8. The Kier molecular flexibility index (Phi) is 2.97. The SMILES string of the molecule is CC1C=Cc2ccc(-c3cccc4ccccc34)c(Br)c21. The summed E-state index contributed by atoms with van der Waals surface area (Å²) < 4.78 is 1.23. The van der Waals surface area contributed by atoms with E-state index in [0.717, 1.165) is 0 Å². The zero-order valence-corrected chi connectivity index (χ0v) is 13.4. The second-order valence-corrected chi connectivity index (χ2v) is 6.40. The van der Waals surface area contributed by atoms with Crippen LogP contribution in [-0.4, -0.2) is 0 Å². The molecule has 3 aromatic carbocycles. The zero-order chi connectivity index (χ0) is 14.4. The second kappa shape index (κ2) is 4.85. The van der Waals surface area contributed by atoms with Crippen LogP contribution in [0.5, 0.6) is 0 Å². The molecule has 0 saturated carbocycles. The molecule has 1 unspecified atom stereocenters. The summed E-state index contributed by atoms with van der Waals surface area (Å²) >= 11 is 3.86. The third-order valence-electron chi connectivity index (χ3n) is 4.31. The number of allylic oxidation sites excluding steroid dienone is 1. The van der Waals surface area contributed by atoms with E-state index in [2.05, 4.69) is 89.6 Å². The van der Waals surface area contributed by atoms with Crippen molar-refractivity contribution in [1.82, 2.24) is 0 Å². The fraction of sp³-hybridized carbons (Fsp3) is 0.100. The maximum Gasteiger partial charge on any atom is 0.0297 e. The molecule has 0 bridgehead atoms. The van der Waals surface area contributed by atoms with Crippen molar-refractivity contribution in [3.63, 3.8) is 0 Å². The lowest BCUT2D eigenvalue weighted by Gasteiger charge is -2.14. The van der Waals surface area contributed by atoms with Crippen LogP contribution in [0.25, 0.3) is 28.0 Å². The summed E-state index contributed by atoms with van der Waals surface area (Å²) in [5, 5.41) is 2.59. The first-order valence-electron chi connectivity index (χ1n) is 7.24. The molecule has 102 valence electrons. The lowest BCUT2D eigenvalue weighted by Crippen LogP contribution is -1.93. The van der Waals surface area contributed by atoms with Gasteiger partial charge in [-0.3, -0.25) is 0 Å². The van der Waals surface area contributed by atoms with E-state index in [1.165, 1.54) is 37.5 Å². The van der Waals surface area contributed by atoms with Crippen LogP contribution >= 0.6 is 15.9 Å². The van der Waals surface area contributed by atoms with E-state index in [0.29, 0.717) is 5.92 Å². The van der Waals surface area contributed by atoms with Gasteiger partial charge in [0.05, 0.1) is 0 Å². The van der Waals surface area contributed by atoms with E-state index in [1.807, 2.05) is 0 Å². The molecule has 0 fully saturated rings. The minimum atomic E-state index is 0.476. The monoisotopic (exact) mass is 334 g/mol. The fourth-order valence-corrected chi connectivity index (χ4v) is 4.16. The molecule has 21 heavy (non-hydrogen) atoms. The number of fused-ring (bicyclic) bond motifs is 2. The average molecular weight is 335 g/mol. The predicted octanol–water partition coefficient (Wildman–Crippen LogP) is 6.40. The quantitative estimate of drug-likeness (QED) is 0.483. The lowest BCUT2D eigenvalue weighted by molar-refractivity contribution is 0.983. The van der Waals surface area contributed by atoms with Crippen LogP contribution in [-0.2, 0) is 0 Å². The van der Waals surface area contributed by atoms with Gasteiger partial charge in [0.1, 0.15) is 0 Å². The summed E-state index contributed by atoms with van der Waals surface area (Å²) in [5.74, 6) is 0.476. The smallest absolute Gasteiger partial charge is 0.0297 e. The van der Waals surface area contributed by atoms with Gasteiger partial charge in [0.15, 0.2) is 0 Å². The Morgan fingerprint density at radius 2 is 1.67 bits per heavy atom. The van der Waals surface area contributed by atoms with E-state index >= 15 is 0 Å². The second-order valence-electron chi connectivity index (χ2n) is 5.60. The summed E-state index contributed by atoms with van der Waals surface area (Å²) in [7, 11) is 0. The van der Waals surface area contributed by atoms with Crippen molar-refractivity contribution in [2.45, 2.75) is 12.8 Å². The Morgan fingerprint density at radius 1 is 0.857 bits per heavy atom. The van der Waals surface area contributed by atoms with Crippen molar-refractivity contribution in [1.29, 1.82) is 0 Å². The molecule has 4 rings (SSSR count). The lowest BCUT2D eigenvalue weighted by atomic mass is 9.93. The van der Waals surface area contributed by atoms with Crippen LogP contribution in [0.3, 0.4) is 0 Å². The number of halogens is 1. The van der Waals surface area contributed by atoms with Crippen molar-refractivity contribution < 1.29 is 0 Å². The molecular weight excluding hydrogens is 320 g/mol. The van der Waals surface area contributed by atoms with E-state index in [-0.39, 0.29) is 0 Å². The van der Waals surface area contributed by atoms with Crippen molar-refractivity contribution >= 4 is 32.8 Å². The first-order valence-corrected chi connectivity index (χ1v) is 8.04. The summed E-state index contributed by atoms with van der Waals surface area (Å²) in [5.41, 5.74) is 5.31. The van der Waals surface area contributed by atoms with Gasteiger partial charge in [0.2, 0.25) is 0 Å². The van der Waals surface area contributed by atoms with Crippen LogP contribution in [0.1, 0.15) is 24.0 Å². The first kappa shape index (κ1) is 12.8. The van der Waals surface area contributed by atoms with Crippen molar-refractivity contribution in [3.8, 4) is 11.1 Å². The Labute approximate surface area is 133 Å². The van der Waals surface area contributed by atoms with E-state index in [9.17, 15) is 0 Å². The molecule has 1 atom stereocenters. The summed E-state index contributed by atoms with van der Waals surface area (Å²) in [4.78, 5) is 0. The molecule has 1 heteroatoms. The van der Waals surface area contributed by atoms with Crippen molar-refractivity contribution in [2.24, 2.45) is 0 Å². The van der Waals surface area contributed by atoms with Gasteiger partial charge in [0, 0.05) is 10.4 Å². The summed E-state index contributed by atoms with van der Waals surface area (Å²) in [6, 6.07) is 19.6. The Balaban J connectivity index is 2.01. The summed E-state index contributed by atoms with van der Waals surface area (Å²) in [6.45, 7) is 2.25. The maximum absolute atomic E-state index is 3.86. The highest BCUT2D eigenvalue weighted by Gasteiger charge is 2.19. The van der Waals surface area contributed by atoms with Crippen LogP contribution in [0, 0.1) is 0 Å². The molecule has 3 aromatic rings. The molecule has 0 radical (unpaired) electrons. The first-order chi connectivity index (χ1) is 10.3. The Bertz CT molecular complexity index is 869. The van der Waals surface area contributed by atoms with Gasteiger partial charge >= 0.3 is 0 Å². The fourth-order valence-electron chi connectivity index (χ4n) is 3.23. The van der Waals surface area contributed by atoms with E-state index in [1.54, 1.807) is 0 Å². The highest BCUT2D eigenvalue weighted by atomic mass is 79.9. The number of rotatable bonds is 1. The Hall–Kier alpha value is -1.86. The summed E-state index contributed by atoms with van der Waals surface area (Å²) in [6.07, 6.45) is 4.49. The molecule has 0 N–H and O–H groups in total. The van der Waals surface area contributed by atoms with Crippen molar-refractivity contribution in [3.05, 3.63) is 76.3 Å². The van der Waals surface area contributed by atoms with Crippen LogP contribution in [0.2, 0.25) is 0 Å². The normalized spacial score (nSPS) is 16.4. The largest absolute Gasteiger partial charge is 0.0766 e. The van der Waals surface area contributed by atoms with Crippen LogP contribution < -0.4 is 0 Å². The standard InChI is InChI=1S/C20H15Br/c1-13-9-10-15-11-12-18(20(21)19(13)15)17-8-4-6-14-5-2-3-7-16(14)17/h2-13H,1H3. The molecule has 1 aliphatic rings. The molecule has 0 saturated heterocycles. The maximum atomic E-state index is 3.86. The van der Waals surface area contributed by atoms with Crippen LogP contribution in [0.15, 0.2) is 65.1 Å². The van der Waals surface area contributed by atoms with Gasteiger partial charge in [-0.05, 0) is 49.0 Å². The molecule has 0 heterocycles. The minimum absolute atomic E-state index is 0.476. The van der Waals surface area contributed by atoms with Crippen molar-refractivity contribution in [2.75, 3.05) is 0 Å². The average Bonchev–Trinajstić information content (AvgIpc) is 2.89. The molecule has 0 nitrogen and oxygen atoms in total.